The first-order valence-electron chi connectivity index (χ1n) is 11.5. The Kier molecular flexibility index (Phi) is 19.7. The maximum absolute atomic E-state index is 11.4. The Hall–Kier alpha value is -0.610. The summed E-state index contributed by atoms with van der Waals surface area (Å²) in [6, 6.07) is 0. The largest absolute Gasteiger partial charge is 0.463 e. The van der Waals surface area contributed by atoms with Crippen LogP contribution in [0.25, 0.3) is 0 Å². The van der Waals surface area contributed by atoms with E-state index in [9.17, 15) is 4.79 Å². The van der Waals surface area contributed by atoms with Crippen LogP contribution in [-0.2, 0) is 9.53 Å². The summed E-state index contributed by atoms with van der Waals surface area (Å²) in [7, 11) is 0. The Morgan fingerprint density at radius 1 is 0.741 bits per heavy atom. The standard InChI is InChI=1S/C23H46O4/c1-21(2)17-15-13-11-9-7-5-3-4-6-8-10-12-14-16-18-23(26)27-20-22(25)19-24/h21-22,24-25H,3-20H2,1-2H3/t22-/m0/s1. The molecule has 2 N–H and O–H groups in total. The van der Waals surface area contributed by atoms with Crippen molar-refractivity contribution in [3.63, 3.8) is 0 Å². The molecular weight excluding hydrogens is 340 g/mol. The highest BCUT2D eigenvalue weighted by Gasteiger charge is 2.07. The normalized spacial score (nSPS) is 12.5. The smallest absolute Gasteiger partial charge is 0.305 e. The number of aliphatic hydroxyl groups excluding tert-OH is 2. The maximum atomic E-state index is 11.4. The molecule has 0 heterocycles. The molecule has 0 bridgehead atoms. The first-order valence-corrected chi connectivity index (χ1v) is 11.5. The fourth-order valence-electron chi connectivity index (χ4n) is 3.26. The van der Waals surface area contributed by atoms with Crippen molar-refractivity contribution in [2.45, 2.75) is 123 Å². The van der Waals surface area contributed by atoms with Crippen LogP contribution in [0.1, 0.15) is 117 Å². The Labute approximate surface area is 168 Å². The zero-order valence-corrected chi connectivity index (χ0v) is 18.1. The fraction of sp³-hybridized carbons (Fsp3) is 0.957. The molecule has 0 unspecified atom stereocenters. The van der Waals surface area contributed by atoms with Crippen molar-refractivity contribution < 1.29 is 19.7 Å². The summed E-state index contributed by atoms with van der Waals surface area (Å²) in [6.07, 6.45) is 19.1. The highest BCUT2D eigenvalue weighted by Crippen LogP contribution is 2.14. The SMILES string of the molecule is CC(C)CCCCCCCCCCCCCCCCC(=O)OC[C@@H](O)CO. The van der Waals surface area contributed by atoms with Gasteiger partial charge in [-0.3, -0.25) is 4.79 Å². The van der Waals surface area contributed by atoms with Gasteiger partial charge in [-0.05, 0) is 12.3 Å². The molecule has 0 aliphatic carbocycles. The lowest BCUT2D eigenvalue weighted by atomic mass is 10.0. The van der Waals surface area contributed by atoms with Crippen LogP contribution < -0.4 is 0 Å². The molecule has 0 aromatic carbocycles. The molecule has 0 fully saturated rings. The predicted molar refractivity (Wildman–Crippen MR) is 113 cm³/mol. The molecule has 0 aliphatic heterocycles. The van der Waals surface area contributed by atoms with Gasteiger partial charge in [-0.25, -0.2) is 0 Å². The van der Waals surface area contributed by atoms with Gasteiger partial charge in [0.2, 0.25) is 0 Å². The van der Waals surface area contributed by atoms with Crippen molar-refractivity contribution in [3.05, 3.63) is 0 Å². The summed E-state index contributed by atoms with van der Waals surface area (Å²) < 4.78 is 4.87. The molecule has 0 aliphatic rings. The molecule has 0 aromatic rings. The highest BCUT2D eigenvalue weighted by atomic mass is 16.5. The summed E-state index contributed by atoms with van der Waals surface area (Å²) in [5.74, 6) is 0.585. The molecule has 0 radical (unpaired) electrons. The second-order valence-corrected chi connectivity index (χ2v) is 8.40. The first-order chi connectivity index (χ1) is 13.1. The number of unbranched alkanes of at least 4 members (excludes halogenated alkanes) is 13. The van der Waals surface area contributed by atoms with Crippen molar-refractivity contribution in [2.75, 3.05) is 13.2 Å². The zero-order valence-electron chi connectivity index (χ0n) is 18.1. The molecule has 0 saturated heterocycles. The van der Waals surface area contributed by atoms with Crippen LogP contribution in [0.3, 0.4) is 0 Å². The minimum Gasteiger partial charge on any atom is -0.463 e. The molecule has 0 amide bonds. The lowest BCUT2D eigenvalue weighted by molar-refractivity contribution is -0.147. The Balaban J connectivity index is 3.13. The van der Waals surface area contributed by atoms with Crippen molar-refractivity contribution >= 4 is 5.97 Å². The van der Waals surface area contributed by atoms with Crippen LogP contribution >= 0.6 is 0 Å². The third-order valence-corrected chi connectivity index (χ3v) is 5.06. The van der Waals surface area contributed by atoms with Gasteiger partial charge in [0.05, 0.1) is 6.61 Å². The van der Waals surface area contributed by atoms with Gasteiger partial charge in [-0.15, -0.1) is 0 Å². The maximum Gasteiger partial charge on any atom is 0.305 e. The van der Waals surface area contributed by atoms with E-state index in [4.69, 9.17) is 14.9 Å². The van der Waals surface area contributed by atoms with Crippen LogP contribution in [0.15, 0.2) is 0 Å². The second kappa shape index (κ2) is 20.1. The van der Waals surface area contributed by atoms with Gasteiger partial charge in [-0.2, -0.15) is 0 Å². The van der Waals surface area contributed by atoms with E-state index in [1.807, 2.05) is 0 Å². The van der Waals surface area contributed by atoms with E-state index in [1.54, 1.807) is 0 Å². The quantitative estimate of drug-likeness (QED) is 0.205. The average Bonchev–Trinajstić information content (AvgIpc) is 2.65. The van der Waals surface area contributed by atoms with E-state index in [-0.39, 0.29) is 19.2 Å². The van der Waals surface area contributed by atoms with Gasteiger partial charge >= 0.3 is 5.97 Å². The number of carbonyl (C=O) groups excluding carboxylic acids is 1. The second-order valence-electron chi connectivity index (χ2n) is 8.40. The predicted octanol–water partition coefficient (Wildman–Crippen LogP) is 5.78. The molecular formula is C23H46O4. The van der Waals surface area contributed by atoms with E-state index in [1.165, 1.54) is 83.5 Å². The Bertz CT molecular complexity index is 318. The van der Waals surface area contributed by atoms with Crippen LogP contribution in [0.5, 0.6) is 0 Å². The molecule has 4 heteroatoms. The third kappa shape index (κ3) is 21.5. The monoisotopic (exact) mass is 386 g/mol. The number of aliphatic hydroxyl groups is 2. The van der Waals surface area contributed by atoms with Crippen LogP contribution in [0, 0.1) is 5.92 Å². The zero-order chi connectivity index (χ0) is 20.2. The number of hydrogen-bond acceptors (Lipinski definition) is 4. The lowest BCUT2D eigenvalue weighted by Crippen LogP contribution is -2.21. The first kappa shape index (κ1) is 26.4. The topological polar surface area (TPSA) is 66.8 Å². The van der Waals surface area contributed by atoms with Gasteiger partial charge < -0.3 is 14.9 Å². The van der Waals surface area contributed by atoms with Gasteiger partial charge in [-0.1, -0.05) is 104 Å². The van der Waals surface area contributed by atoms with E-state index < -0.39 is 6.10 Å². The highest BCUT2D eigenvalue weighted by molar-refractivity contribution is 5.69. The number of ether oxygens (including phenoxy) is 1. The van der Waals surface area contributed by atoms with Crippen molar-refractivity contribution in [1.82, 2.24) is 0 Å². The molecule has 0 aromatic heterocycles. The third-order valence-electron chi connectivity index (χ3n) is 5.06. The Morgan fingerprint density at radius 2 is 1.15 bits per heavy atom. The van der Waals surface area contributed by atoms with Crippen LogP contribution in [-0.4, -0.2) is 35.5 Å². The van der Waals surface area contributed by atoms with Gasteiger partial charge in [0, 0.05) is 6.42 Å². The lowest BCUT2D eigenvalue weighted by Gasteiger charge is -2.08. The number of esters is 1. The van der Waals surface area contributed by atoms with Gasteiger partial charge in [0.15, 0.2) is 0 Å². The molecule has 1 atom stereocenters. The molecule has 0 saturated carbocycles. The summed E-state index contributed by atoms with van der Waals surface area (Å²) in [6.45, 7) is 4.15. The Morgan fingerprint density at radius 3 is 1.56 bits per heavy atom. The molecule has 0 rings (SSSR count). The molecule has 162 valence electrons. The van der Waals surface area contributed by atoms with E-state index in [2.05, 4.69) is 13.8 Å². The number of hydrogen-bond donors (Lipinski definition) is 2. The summed E-state index contributed by atoms with van der Waals surface area (Å²) in [5, 5.41) is 17.7. The van der Waals surface area contributed by atoms with Crippen molar-refractivity contribution in [2.24, 2.45) is 5.92 Å². The van der Waals surface area contributed by atoms with Gasteiger partial charge in [0.25, 0.3) is 0 Å². The van der Waals surface area contributed by atoms with E-state index >= 15 is 0 Å². The van der Waals surface area contributed by atoms with Crippen molar-refractivity contribution in [1.29, 1.82) is 0 Å². The number of carbonyl (C=O) groups is 1. The van der Waals surface area contributed by atoms with Crippen LogP contribution in [0.4, 0.5) is 0 Å². The van der Waals surface area contributed by atoms with E-state index in [0.717, 1.165) is 18.8 Å². The molecule has 27 heavy (non-hydrogen) atoms. The molecule has 0 spiro atoms. The number of rotatable bonds is 20. The van der Waals surface area contributed by atoms with E-state index in [0.29, 0.717) is 6.42 Å². The van der Waals surface area contributed by atoms with Crippen molar-refractivity contribution in [3.8, 4) is 0 Å². The summed E-state index contributed by atoms with van der Waals surface area (Å²) >= 11 is 0. The van der Waals surface area contributed by atoms with Gasteiger partial charge in [0.1, 0.15) is 12.7 Å². The molecule has 4 nitrogen and oxygen atoms in total. The summed E-state index contributed by atoms with van der Waals surface area (Å²) in [5.41, 5.74) is 0. The minimum absolute atomic E-state index is 0.104. The minimum atomic E-state index is -0.955. The summed E-state index contributed by atoms with van der Waals surface area (Å²) in [4.78, 5) is 11.4. The van der Waals surface area contributed by atoms with Crippen LogP contribution in [0.2, 0.25) is 0 Å². The average molecular weight is 387 g/mol. The fourth-order valence-corrected chi connectivity index (χ4v) is 3.26.